The van der Waals surface area contributed by atoms with Crippen LogP contribution in [0.25, 0.3) is 0 Å². The summed E-state index contributed by atoms with van der Waals surface area (Å²) in [5.74, 6) is 0.0284. The van der Waals surface area contributed by atoms with Crippen LogP contribution in [0.1, 0.15) is 59.3 Å². The standard InChI is InChI=1S/C23H34FN3O3/c1-23(2,3)30-22(29)26-14-12-17(13-15-26)16-27(20-6-4-5-7-20)21(28)25-19-10-8-18(24)9-11-19/h8-11,17,20H,4-7,12-16H2,1-3H3,(H,25,28). The van der Waals surface area contributed by atoms with Gasteiger partial charge in [-0.15, -0.1) is 0 Å². The predicted molar refractivity (Wildman–Crippen MR) is 115 cm³/mol. The zero-order chi connectivity index (χ0) is 21.7. The molecule has 1 aromatic carbocycles. The summed E-state index contributed by atoms with van der Waals surface area (Å²) in [6, 6.07) is 5.99. The van der Waals surface area contributed by atoms with E-state index >= 15 is 0 Å². The lowest BCUT2D eigenvalue weighted by molar-refractivity contribution is 0.0170. The highest BCUT2D eigenvalue weighted by Gasteiger charge is 2.32. The molecule has 1 saturated heterocycles. The SMILES string of the molecule is CC(C)(C)OC(=O)N1CCC(CN(C(=O)Nc2ccc(F)cc2)C2CCCC2)CC1. The van der Waals surface area contributed by atoms with E-state index in [-0.39, 0.29) is 24.0 Å². The second-order valence-corrected chi connectivity index (χ2v) is 9.44. The molecule has 1 saturated carbocycles. The predicted octanol–water partition coefficient (Wildman–Crippen LogP) is 5.25. The van der Waals surface area contributed by atoms with Crippen molar-refractivity contribution in [3.05, 3.63) is 30.1 Å². The number of benzene rings is 1. The molecule has 0 bridgehead atoms. The van der Waals surface area contributed by atoms with Crippen LogP contribution in [0.5, 0.6) is 0 Å². The Morgan fingerprint density at radius 2 is 1.70 bits per heavy atom. The van der Waals surface area contributed by atoms with Crippen LogP contribution in [0.3, 0.4) is 0 Å². The minimum atomic E-state index is -0.494. The van der Waals surface area contributed by atoms with Gasteiger partial charge in [-0.1, -0.05) is 12.8 Å². The minimum Gasteiger partial charge on any atom is -0.444 e. The van der Waals surface area contributed by atoms with Crippen molar-refractivity contribution in [2.45, 2.75) is 70.9 Å². The van der Waals surface area contributed by atoms with Crippen molar-refractivity contribution < 1.29 is 18.7 Å². The summed E-state index contributed by atoms with van der Waals surface area (Å²) in [5.41, 5.74) is 0.107. The van der Waals surface area contributed by atoms with Gasteiger partial charge in [-0.2, -0.15) is 0 Å². The molecule has 1 aliphatic heterocycles. The average molecular weight is 420 g/mol. The second-order valence-electron chi connectivity index (χ2n) is 9.44. The molecule has 166 valence electrons. The van der Waals surface area contributed by atoms with Gasteiger partial charge in [0.05, 0.1) is 0 Å². The number of hydrogen-bond acceptors (Lipinski definition) is 3. The summed E-state index contributed by atoms with van der Waals surface area (Å²) in [6.07, 6.45) is 5.77. The van der Waals surface area contributed by atoms with E-state index < -0.39 is 5.60 Å². The van der Waals surface area contributed by atoms with Crippen LogP contribution in [-0.4, -0.2) is 53.2 Å². The van der Waals surface area contributed by atoms with E-state index in [0.29, 0.717) is 31.2 Å². The molecule has 1 aliphatic carbocycles. The Hall–Kier alpha value is -2.31. The number of anilines is 1. The molecule has 1 aromatic rings. The fourth-order valence-electron chi connectivity index (χ4n) is 4.25. The van der Waals surface area contributed by atoms with Crippen molar-refractivity contribution in [2.24, 2.45) is 5.92 Å². The van der Waals surface area contributed by atoms with E-state index in [4.69, 9.17) is 4.74 Å². The number of nitrogens with zero attached hydrogens (tertiary/aromatic N) is 2. The first-order valence-corrected chi connectivity index (χ1v) is 11.0. The second kappa shape index (κ2) is 9.67. The first-order valence-electron chi connectivity index (χ1n) is 11.0. The van der Waals surface area contributed by atoms with Gasteiger partial charge in [0.15, 0.2) is 0 Å². The van der Waals surface area contributed by atoms with Crippen LogP contribution in [0, 0.1) is 11.7 Å². The molecule has 30 heavy (non-hydrogen) atoms. The Labute approximate surface area is 178 Å². The molecule has 3 amide bonds. The van der Waals surface area contributed by atoms with Crippen LogP contribution in [0.2, 0.25) is 0 Å². The van der Waals surface area contributed by atoms with Gasteiger partial charge in [-0.25, -0.2) is 14.0 Å². The van der Waals surface area contributed by atoms with Gasteiger partial charge in [-0.3, -0.25) is 0 Å². The molecule has 1 heterocycles. The van der Waals surface area contributed by atoms with Gasteiger partial charge in [0.1, 0.15) is 11.4 Å². The van der Waals surface area contributed by atoms with Gasteiger partial charge in [-0.05, 0) is 76.6 Å². The molecule has 0 unspecified atom stereocenters. The van der Waals surface area contributed by atoms with Gasteiger partial charge in [0, 0.05) is 31.4 Å². The molecule has 2 fully saturated rings. The number of piperidine rings is 1. The van der Waals surface area contributed by atoms with Crippen LogP contribution < -0.4 is 5.32 Å². The number of nitrogens with one attached hydrogen (secondary N) is 1. The summed E-state index contributed by atoms with van der Waals surface area (Å²) in [6.45, 7) is 7.60. The Morgan fingerprint density at radius 1 is 1.10 bits per heavy atom. The van der Waals surface area contributed by atoms with E-state index in [9.17, 15) is 14.0 Å². The first-order chi connectivity index (χ1) is 14.2. The highest BCUT2D eigenvalue weighted by molar-refractivity contribution is 5.89. The fraction of sp³-hybridized carbons (Fsp3) is 0.652. The van der Waals surface area contributed by atoms with Crippen molar-refractivity contribution in [3.8, 4) is 0 Å². The lowest BCUT2D eigenvalue weighted by Crippen LogP contribution is -2.47. The monoisotopic (exact) mass is 419 g/mol. The maximum absolute atomic E-state index is 13.2. The Bertz CT molecular complexity index is 718. The molecule has 0 spiro atoms. The maximum atomic E-state index is 13.2. The topological polar surface area (TPSA) is 61.9 Å². The van der Waals surface area contributed by atoms with Crippen molar-refractivity contribution in [1.29, 1.82) is 0 Å². The van der Waals surface area contributed by atoms with E-state index in [1.807, 2.05) is 25.7 Å². The number of rotatable bonds is 4. The summed E-state index contributed by atoms with van der Waals surface area (Å²) < 4.78 is 18.6. The number of ether oxygens (including phenoxy) is 1. The van der Waals surface area contributed by atoms with E-state index in [1.165, 1.54) is 12.1 Å². The number of carbonyl (C=O) groups excluding carboxylic acids is 2. The minimum absolute atomic E-state index is 0.122. The largest absolute Gasteiger partial charge is 0.444 e. The highest BCUT2D eigenvalue weighted by Crippen LogP contribution is 2.28. The number of urea groups is 1. The molecule has 1 N–H and O–H groups in total. The van der Waals surface area contributed by atoms with Crippen LogP contribution in [0.15, 0.2) is 24.3 Å². The number of hydrogen-bond donors (Lipinski definition) is 1. The number of amides is 3. The molecular weight excluding hydrogens is 385 g/mol. The number of carbonyl (C=O) groups is 2. The molecule has 7 heteroatoms. The number of halogens is 1. The fourth-order valence-corrected chi connectivity index (χ4v) is 4.25. The van der Waals surface area contributed by atoms with Crippen LogP contribution in [-0.2, 0) is 4.74 Å². The molecule has 3 rings (SSSR count). The van der Waals surface area contributed by atoms with Gasteiger partial charge in [0.2, 0.25) is 0 Å². The molecular formula is C23H34FN3O3. The van der Waals surface area contributed by atoms with E-state index in [1.54, 1.807) is 17.0 Å². The van der Waals surface area contributed by atoms with Crippen LogP contribution >= 0.6 is 0 Å². The smallest absolute Gasteiger partial charge is 0.410 e. The normalized spacial score (nSPS) is 18.3. The highest BCUT2D eigenvalue weighted by atomic mass is 19.1. The Balaban J connectivity index is 1.57. The van der Waals surface area contributed by atoms with Gasteiger partial charge < -0.3 is 19.9 Å². The molecule has 6 nitrogen and oxygen atoms in total. The average Bonchev–Trinajstić information content (AvgIpc) is 3.21. The Morgan fingerprint density at radius 3 is 2.27 bits per heavy atom. The third kappa shape index (κ3) is 6.34. The van der Waals surface area contributed by atoms with E-state index in [2.05, 4.69) is 5.32 Å². The third-order valence-corrected chi connectivity index (χ3v) is 5.84. The maximum Gasteiger partial charge on any atom is 0.410 e. The summed E-state index contributed by atoms with van der Waals surface area (Å²) in [4.78, 5) is 29.0. The van der Waals surface area contributed by atoms with E-state index in [0.717, 1.165) is 38.5 Å². The quantitative estimate of drug-likeness (QED) is 0.725. The van der Waals surface area contributed by atoms with Gasteiger partial charge >= 0.3 is 12.1 Å². The van der Waals surface area contributed by atoms with Crippen molar-refractivity contribution in [1.82, 2.24) is 9.80 Å². The van der Waals surface area contributed by atoms with Crippen molar-refractivity contribution in [2.75, 3.05) is 25.0 Å². The van der Waals surface area contributed by atoms with Crippen LogP contribution in [0.4, 0.5) is 19.7 Å². The first kappa shape index (κ1) is 22.4. The van der Waals surface area contributed by atoms with Gasteiger partial charge in [0.25, 0.3) is 0 Å². The zero-order valence-corrected chi connectivity index (χ0v) is 18.3. The molecule has 0 aromatic heterocycles. The lowest BCUT2D eigenvalue weighted by atomic mass is 9.95. The summed E-state index contributed by atoms with van der Waals surface area (Å²) in [7, 11) is 0. The van der Waals surface area contributed by atoms with Crippen molar-refractivity contribution >= 4 is 17.8 Å². The number of likely N-dealkylation sites (tertiary alicyclic amines) is 1. The Kier molecular flexibility index (Phi) is 7.21. The molecule has 0 atom stereocenters. The third-order valence-electron chi connectivity index (χ3n) is 5.84. The molecule has 0 radical (unpaired) electrons. The lowest BCUT2D eigenvalue weighted by Gasteiger charge is -2.37. The van der Waals surface area contributed by atoms with Crippen molar-refractivity contribution in [3.63, 3.8) is 0 Å². The zero-order valence-electron chi connectivity index (χ0n) is 18.3. The molecule has 2 aliphatic rings. The summed E-state index contributed by atoms with van der Waals surface area (Å²) >= 11 is 0. The summed E-state index contributed by atoms with van der Waals surface area (Å²) in [5, 5.41) is 2.92.